The monoisotopic (exact) mass is 556 g/mol. The number of hydrogen-bond acceptors (Lipinski definition) is 3. The molecule has 0 saturated heterocycles. The molecule has 0 aliphatic heterocycles. The molecule has 3 aromatic rings. The Hall–Kier alpha value is -2.90. The van der Waals surface area contributed by atoms with E-state index in [9.17, 15) is 14.7 Å². The van der Waals surface area contributed by atoms with Crippen LogP contribution in [0.4, 0.5) is 5.69 Å². The van der Waals surface area contributed by atoms with E-state index in [1.807, 2.05) is 37.3 Å². The average molecular weight is 558 g/mol. The van der Waals surface area contributed by atoms with E-state index in [2.05, 4.69) is 37.2 Å². The Morgan fingerprint density at radius 3 is 2.12 bits per heavy atom. The molecular formula is C25H22Br2N2O3. The third-order valence-electron chi connectivity index (χ3n) is 4.66. The summed E-state index contributed by atoms with van der Waals surface area (Å²) in [5.74, 6) is -0.636. The van der Waals surface area contributed by atoms with Crippen molar-refractivity contribution in [1.82, 2.24) is 5.32 Å². The second kappa shape index (κ2) is 11.1. The summed E-state index contributed by atoms with van der Waals surface area (Å²) in [7, 11) is 0. The average Bonchev–Trinajstić information content (AvgIpc) is 2.82. The van der Waals surface area contributed by atoms with Gasteiger partial charge in [0.25, 0.3) is 11.8 Å². The molecule has 0 aliphatic rings. The molecule has 3 aromatic carbocycles. The second-order valence-corrected chi connectivity index (χ2v) is 8.70. The summed E-state index contributed by atoms with van der Waals surface area (Å²) in [5, 5.41) is 12.4. The van der Waals surface area contributed by atoms with Crippen molar-refractivity contribution in [3.8, 4) is 5.75 Å². The minimum Gasteiger partial charge on any atom is -0.508 e. The highest BCUT2D eigenvalue weighted by atomic mass is 79.9. The van der Waals surface area contributed by atoms with Gasteiger partial charge < -0.3 is 15.3 Å². The molecule has 0 bridgehead atoms. The summed E-state index contributed by atoms with van der Waals surface area (Å²) in [6, 6.07) is 22.6. The van der Waals surface area contributed by atoms with Crippen molar-refractivity contribution < 1.29 is 14.7 Å². The number of hydrogen-bond donors (Lipinski definition) is 2. The molecule has 2 amide bonds. The van der Waals surface area contributed by atoms with Gasteiger partial charge in [0.15, 0.2) is 0 Å². The van der Waals surface area contributed by atoms with Crippen molar-refractivity contribution in [3.63, 3.8) is 0 Å². The van der Waals surface area contributed by atoms with Crippen LogP contribution in [-0.2, 0) is 4.79 Å². The van der Waals surface area contributed by atoms with Gasteiger partial charge in [0.05, 0.1) is 4.48 Å². The smallest absolute Gasteiger partial charge is 0.275 e. The Labute approximate surface area is 204 Å². The summed E-state index contributed by atoms with van der Waals surface area (Å²) >= 11 is 6.96. The molecule has 7 heteroatoms. The fourth-order valence-corrected chi connectivity index (χ4v) is 3.85. The number of anilines is 1. The summed E-state index contributed by atoms with van der Waals surface area (Å²) < 4.78 is 1.37. The number of carbonyl (C=O) groups excluding carboxylic acids is 2. The summed E-state index contributed by atoms with van der Waals surface area (Å²) in [6.45, 7) is 2.41. The highest BCUT2D eigenvalue weighted by Gasteiger charge is 2.25. The Bertz CT molecular complexity index is 1110. The Morgan fingerprint density at radius 2 is 1.53 bits per heavy atom. The van der Waals surface area contributed by atoms with Gasteiger partial charge in [0, 0.05) is 22.3 Å². The number of halogens is 2. The topological polar surface area (TPSA) is 69.6 Å². The van der Waals surface area contributed by atoms with Crippen LogP contribution in [0.5, 0.6) is 5.75 Å². The van der Waals surface area contributed by atoms with E-state index in [4.69, 9.17) is 0 Å². The van der Waals surface area contributed by atoms with Crippen LogP contribution in [0.15, 0.2) is 89.0 Å². The van der Waals surface area contributed by atoms with Crippen molar-refractivity contribution in [2.45, 2.75) is 13.3 Å². The molecule has 164 valence electrons. The van der Waals surface area contributed by atoms with E-state index in [0.717, 1.165) is 10.0 Å². The lowest BCUT2D eigenvalue weighted by molar-refractivity contribution is -0.115. The molecule has 0 unspecified atom stereocenters. The fourth-order valence-electron chi connectivity index (χ4n) is 3.06. The molecule has 0 radical (unpaired) electrons. The van der Waals surface area contributed by atoms with E-state index < -0.39 is 0 Å². The van der Waals surface area contributed by atoms with Gasteiger partial charge in [0.2, 0.25) is 0 Å². The Balaban J connectivity index is 2.06. The minimum atomic E-state index is -0.384. The number of rotatable bonds is 7. The van der Waals surface area contributed by atoms with Gasteiger partial charge in [-0.15, -0.1) is 0 Å². The number of phenolic OH excluding ortho intramolecular Hbond substituents is 1. The number of amides is 2. The Morgan fingerprint density at radius 1 is 0.906 bits per heavy atom. The predicted molar refractivity (Wildman–Crippen MR) is 135 cm³/mol. The molecule has 3 rings (SSSR count). The molecule has 0 aromatic heterocycles. The molecule has 2 N–H and O–H groups in total. The van der Waals surface area contributed by atoms with E-state index in [-0.39, 0.29) is 23.3 Å². The standard InChI is InChI=1S/C25H22Br2N2O3/c1-2-16-29(20-12-14-21(30)15-13-20)25(32)23(22(27)17-8-10-19(26)11-9-17)28-24(31)18-6-4-3-5-7-18/h3-15,30H,2,16H2,1H3,(H,28,31)/b23-22+. The van der Waals surface area contributed by atoms with Crippen molar-refractivity contribution in [3.05, 3.63) is 100 Å². The van der Waals surface area contributed by atoms with Crippen LogP contribution in [0.3, 0.4) is 0 Å². The van der Waals surface area contributed by atoms with Crippen molar-refractivity contribution in [2.24, 2.45) is 0 Å². The van der Waals surface area contributed by atoms with Crippen LogP contribution in [0.1, 0.15) is 29.3 Å². The first-order valence-electron chi connectivity index (χ1n) is 10.0. The van der Waals surface area contributed by atoms with Crippen LogP contribution < -0.4 is 10.2 Å². The van der Waals surface area contributed by atoms with Crippen LogP contribution in [0, 0.1) is 0 Å². The first-order chi connectivity index (χ1) is 15.4. The number of aromatic hydroxyl groups is 1. The molecule has 32 heavy (non-hydrogen) atoms. The molecule has 0 heterocycles. The molecule has 0 saturated carbocycles. The lowest BCUT2D eigenvalue weighted by atomic mass is 10.1. The zero-order chi connectivity index (χ0) is 23.1. The van der Waals surface area contributed by atoms with E-state index in [1.165, 1.54) is 12.1 Å². The quantitative estimate of drug-likeness (QED) is 0.345. The van der Waals surface area contributed by atoms with Crippen molar-refractivity contribution in [2.75, 3.05) is 11.4 Å². The third-order valence-corrected chi connectivity index (χ3v) is 6.04. The molecular weight excluding hydrogens is 536 g/mol. The van der Waals surface area contributed by atoms with Crippen LogP contribution in [0.2, 0.25) is 0 Å². The van der Waals surface area contributed by atoms with Gasteiger partial charge in [-0.1, -0.05) is 53.2 Å². The van der Waals surface area contributed by atoms with Crippen LogP contribution >= 0.6 is 31.9 Å². The lowest BCUT2D eigenvalue weighted by Gasteiger charge is -2.25. The summed E-state index contributed by atoms with van der Waals surface area (Å²) in [4.78, 5) is 28.2. The maximum Gasteiger partial charge on any atom is 0.275 e. The van der Waals surface area contributed by atoms with Gasteiger partial charge in [0.1, 0.15) is 11.4 Å². The van der Waals surface area contributed by atoms with Gasteiger partial charge in [-0.3, -0.25) is 9.59 Å². The predicted octanol–water partition coefficient (Wildman–Crippen LogP) is 6.09. The third kappa shape index (κ3) is 5.87. The fraction of sp³-hybridized carbons (Fsp3) is 0.120. The lowest BCUT2D eigenvalue weighted by Crippen LogP contribution is -2.39. The van der Waals surface area contributed by atoms with E-state index >= 15 is 0 Å². The zero-order valence-corrected chi connectivity index (χ0v) is 20.6. The zero-order valence-electron chi connectivity index (χ0n) is 17.4. The molecule has 0 aliphatic carbocycles. The maximum atomic E-state index is 13.7. The van der Waals surface area contributed by atoms with Gasteiger partial charge in [-0.05, 0) is 76.4 Å². The number of nitrogens with zero attached hydrogens (tertiary/aromatic N) is 1. The van der Waals surface area contributed by atoms with Gasteiger partial charge >= 0.3 is 0 Å². The summed E-state index contributed by atoms with van der Waals surface area (Å²) in [5.41, 5.74) is 1.94. The molecule has 0 fully saturated rings. The maximum absolute atomic E-state index is 13.7. The highest BCUT2D eigenvalue weighted by molar-refractivity contribution is 9.15. The number of benzene rings is 3. The number of nitrogens with one attached hydrogen (secondary N) is 1. The van der Waals surface area contributed by atoms with E-state index in [0.29, 0.717) is 28.7 Å². The summed E-state index contributed by atoms with van der Waals surface area (Å²) in [6.07, 6.45) is 0.711. The second-order valence-electron chi connectivity index (χ2n) is 6.99. The first kappa shape index (κ1) is 23.8. The largest absolute Gasteiger partial charge is 0.508 e. The van der Waals surface area contributed by atoms with Gasteiger partial charge in [-0.25, -0.2) is 0 Å². The van der Waals surface area contributed by atoms with Crippen molar-refractivity contribution in [1.29, 1.82) is 0 Å². The normalized spacial score (nSPS) is 11.5. The van der Waals surface area contributed by atoms with E-state index in [1.54, 1.807) is 41.3 Å². The van der Waals surface area contributed by atoms with Crippen LogP contribution in [-0.4, -0.2) is 23.5 Å². The number of carbonyl (C=O) groups is 2. The van der Waals surface area contributed by atoms with Gasteiger partial charge in [-0.2, -0.15) is 0 Å². The van der Waals surface area contributed by atoms with Crippen LogP contribution in [0.25, 0.3) is 4.48 Å². The Kier molecular flexibility index (Phi) is 8.25. The number of phenols is 1. The highest BCUT2D eigenvalue weighted by Crippen LogP contribution is 2.29. The minimum absolute atomic E-state index is 0.113. The van der Waals surface area contributed by atoms with Crippen molar-refractivity contribution >= 4 is 53.8 Å². The molecule has 5 nitrogen and oxygen atoms in total. The molecule has 0 atom stereocenters. The molecule has 0 spiro atoms. The first-order valence-corrected chi connectivity index (χ1v) is 11.6. The SMILES string of the molecule is CCCN(C(=O)/C(NC(=O)c1ccccc1)=C(\Br)c1ccc(Br)cc1)c1ccc(O)cc1.